The van der Waals surface area contributed by atoms with Crippen molar-refractivity contribution in [1.82, 2.24) is 4.90 Å². The molecule has 1 saturated heterocycles. The second-order valence-electron chi connectivity index (χ2n) is 7.99. The molecule has 178 valence electrons. The summed E-state index contributed by atoms with van der Waals surface area (Å²) in [5.41, 5.74) is 2.55. The van der Waals surface area contributed by atoms with Crippen LogP contribution in [0.2, 0.25) is 0 Å². The second kappa shape index (κ2) is 9.90. The van der Waals surface area contributed by atoms with Gasteiger partial charge in [-0.1, -0.05) is 6.08 Å². The first-order valence-electron chi connectivity index (χ1n) is 10.7. The number of fused-ring (bicyclic) bond motifs is 1. The van der Waals surface area contributed by atoms with Crippen LogP contribution in [0.4, 0.5) is 24.5 Å². The van der Waals surface area contributed by atoms with Crippen LogP contribution >= 0.6 is 0 Å². The van der Waals surface area contributed by atoms with E-state index in [2.05, 4.69) is 19.9 Å². The van der Waals surface area contributed by atoms with Gasteiger partial charge in [0.2, 0.25) is 0 Å². The Morgan fingerprint density at radius 1 is 1.03 bits per heavy atom. The molecule has 0 aliphatic carbocycles. The van der Waals surface area contributed by atoms with Crippen molar-refractivity contribution < 1.29 is 32.9 Å². The minimum Gasteiger partial charge on any atom is -0.491 e. The molecule has 7 nitrogen and oxygen atoms in total. The van der Waals surface area contributed by atoms with Crippen molar-refractivity contribution in [2.75, 3.05) is 49.5 Å². The van der Waals surface area contributed by atoms with Crippen LogP contribution in [0, 0.1) is 0 Å². The molecular formula is C23H26F3N3O4. The van der Waals surface area contributed by atoms with E-state index >= 15 is 0 Å². The van der Waals surface area contributed by atoms with Crippen molar-refractivity contribution in [3.05, 3.63) is 54.1 Å². The first kappa shape index (κ1) is 23.2. The van der Waals surface area contributed by atoms with Crippen molar-refractivity contribution >= 4 is 17.5 Å². The first-order chi connectivity index (χ1) is 15.7. The molecule has 3 N–H and O–H groups in total. The van der Waals surface area contributed by atoms with Gasteiger partial charge in [-0.15, -0.1) is 13.2 Å². The van der Waals surface area contributed by atoms with Crippen LogP contribution < -0.4 is 19.7 Å². The Morgan fingerprint density at radius 2 is 1.73 bits per heavy atom. The zero-order valence-corrected chi connectivity index (χ0v) is 17.8. The summed E-state index contributed by atoms with van der Waals surface area (Å²) in [6.45, 7) is 3.45. The van der Waals surface area contributed by atoms with Crippen LogP contribution in [-0.4, -0.2) is 73.1 Å². The molecule has 0 saturated carbocycles. The Bertz CT molecular complexity index is 960. The highest BCUT2D eigenvalue weighted by Crippen LogP contribution is 2.28. The maximum atomic E-state index is 12.3. The lowest BCUT2D eigenvalue weighted by Gasteiger charge is -2.36. The number of aliphatic hydroxyl groups excluding tert-OH is 2. The van der Waals surface area contributed by atoms with E-state index in [9.17, 15) is 23.4 Å². The number of halogens is 3. The van der Waals surface area contributed by atoms with Crippen LogP contribution in [0.1, 0.15) is 5.56 Å². The third-order valence-electron chi connectivity index (χ3n) is 5.50. The van der Waals surface area contributed by atoms with Crippen LogP contribution in [-0.2, 0) is 0 Å². The lowest BCUT2D eigenvalue weighted by molar-refractivity contribution is -0.274. The molecule has 2 atom stereocenters. The summed E-state index contributed by atoms with van der Waals surface area (Å²) in [6.07, 6.45) is -2.60. The summed E-state index contributed by atoms with van der Waals surface area (Å²) in [7, 11) is 0. The summed E-state index contributed by atoms with van der Waals surface area (Å²) < 4.78 is 46.5. The number of aliphatic hydroxyl groups is 2. The fourth-order valence-electron chi connectivity index (χ4n) is 3.89. The number of hydrogen-bond donors (Lipinski definition) is 3. The van der Waals surface area contributed by atoms with E-state index in [1.165, 1.54) is 12.1 Å². The summed E-state index contributed by atoms with van der Waals surface area (Å²) in [4.78, 5) is 4.22. The summed E-state index contributed by atoms with van der Waals surface area (Å²) >= 11 is 0. The number of benzene rings is 2. The number of alkyl halides is 3. The third-order valence-corrected chi connectivity index (χ3v) is 5.50. The largest absolute Gasteiger partial charge is 0.573 e. The van der Waals surface area contributed by atoms with E-state index < -0.39 is 18.7 Å². The Labute approximate surface area is 189 Å². The Morgan fingerprint density at radius 3 is 2.42 bits per heavy atom. The standard InChI is InChI=1S/C23H26F3N3O4/c24-23(25,26)33-19-4-2-17(3-5-19)29-11-9-28(10-12-29)14-18(30)15-32-20-6-7-21-16(13-20)1-8-22(31)27-21/h1-8,13,18,22,27,30-31H,9-12,14-15H2/t18-,22?/m0/s1. The molecule has 10 heteroatoms. The number of β-amino-alcohol motifs (C(OH)–C–C–N with tert-alkyl or cyclic N) is 1. The van der Waals surface area contributed by atoms with Gasteiger partial charge < -0.3 is 29.9 Å². The number of nitrogens with zero attached hydrogens (tertiary/aromatic N) is 2. The zero-order valence-electron chi connectivity index (χ0n) is 17.8. The predicted octanol–water partition coefficient (Wildman–Crippen LogP) is 2.90. The number of rotatable bonds is 7. The van der Waals surface area contributed by atoms with Gasteiger partial charge in [0.15, 0.2) is 0 Å². The van der Waals surface area contributed by atoms with Gasteiger partial charge in [-0.3, -0.25) is 4.90 Å². The van der Waals surface area contributed by atoms with Gasteiger partial charge in [0.05, 0.1) is 0 Å². The van der Waals surface area contributed by atoms with Gasteiger partial charge in [-0.25, -0.2) is 0 Å². The van der Waals surface area contributed by atoms with Gasteiger partial charge in [0, 0.05) is 49.7 Å². The monoisotopic (exact) mass is 465 g/mol. The third kappa shape index (κ3) is 6.53. The van der Waals surface area contributed by atoms with Crippen LogP contribution in [0.5, 0.6) is 11.5 Å². The van der Waals surface area contributed by atoms with Gasteiger partial charge >= 0.3 is 6.36 Å². The average Bonchev–Trinajstić information content (AvgIpc) is 2.78. The predicted molar refractivity (Wildman–Crippen MR) is 118 cm³/mol. The van der Waals surface area contributed by atoms with Gasteiger partial charge in [-0.05, 0) is 48.5 Å². The van der Waals surface area contributed by atoms with E-state index in [-0.39, 0.29) is 12.4 Å². The second-order valence-corrected chi connectivity index (χ2v) is 7.99. The average molecular weight is 465 g/mol. The first-order valence-corrected chi connectivity index (χ1v) is 10.7. The van der Waals surface area contributed by atoms with E-state index in [1.54, 1.807) is 24.3 Å². The topological polar surface area (TPSA) is 77.4 Å². The lowest BCUT2D eigenvalue weighted by atomic mass is 10.1. The normalized spacial score (nSPS) is 19.5. The molecule has 0 aromatic heterocycles. The lowest BCUT2D eigenvalue weighted by Crippen LogP contribution is -2.49. The molecular weight excluding hydrogens is 439 g/mol. The van der Waals surface area contributed by atoms with E-state index in [4.69, 9.17) is 4.74 Å². The SMILES string of the molecule is OC1C=Cc2cc(OC[C@@H](O)CN3CCN(c4ccc(OC(F)(F)F)cc4)CC3)ccc2N1. The van der Waals surface area contributed by atoms with Gasteiger partial charge in [0.1, 0.15) is 30.4 Å². The number of piperazine rings is 1. The van der Waals surface area contributed by atoms with Crippen molar-refractivity contribution in [3.8, 4) is 11.5 Å². The quantitative estimate of drug-likeness (QED) is 0.581. The Kier molecular flexibility index (Phi) is 6.96. The fourth-order valence-corrected chi connectivity index (χ4v) is 3.89. The molecule has 33 heavy (non-hydrogen) atoms. The van der Waals surface area contributed by atoms with Gasteiger partial charge in [-0.2, -0.15) is 0 Å². The highest BCUT2D eigenvalue weighted by molar-refractivity contribution is 5.71. The Balaban J connectivity index is 1.20. The van der Waals surface area contributed by atoms with E-state index in [0.29, 0.717) is 25.4 Å². The van der Waals surface area contributed by atoms with Crippen molar-refractivity contribution in [3.63, 3.8) is 0 Å². The minimum atomic E-state index is -4.70. The molecule has 2 aliphatic heterocycles. The van der Waals surface area contributed by atoms with E-state index in [1.807, 2.05) is 18.2 Å². The van der Waals surface area contributed by atoms with E-state index in [0.717, 1.165) is 30.0 Å². The molecule has 1 unspecified atom stereocenters. The molecule has 0 radical (unpaired) electrons. The smallest absolute Gasteiger partial charge is 0.491 e. The molecule has 0 spiro atoms. The fraction of sp³-hybridized carbons (Fsp3) is 0.391. The molecule has 4 rings (SSSR count). The minimum absolute atomic E-state index is 0.152. The van der Waals surface area contributed by atoms with Crippen molar-refractivity contribution in [2.24, 2.45) is 0 Å². The summed E-state index contributed by atoms with van der Waals surface area (Å²) in [6, 6.07) is 11.3. The molecule has 0 bridgehead atoms. The summed E-state index contributed by atoms with van der Waals surface area (Å²) in [5.74, 6) is 0.398. The van der Waals surface area contributed by atoms with Crippen LogP contribution in [0.3, 0.4) is 0 Å². The number of hydrogen-bond acceptors (Lipinski definition) is 7. The maximum absolute atomic E-state index is 12.3. The summed E-state index contributed by atoms with van der Waals surface area (Å²) in [5, 5.41) is 22.9. The molecule has 1 fully saturated rings. The molecule has 2 aromatic rings. The Hall–Kier alpha value is -2.95. The van der Waals surface area contributed by atoms with Crippen molar-refractivity contribution in [2.45, 2.75) is 18.7 Å². The van der Waals surface area contributed by atoms with Crippen molar-refractivity contribution in [1.29, 1.82) is 0 Å². The highest BCUT2D eigenvalue weighted by Gasteiger charge is 2.31. The maximum Gasteiger partial charge on any atom is 0.573 e. The molecule has 2 heterocycles. The highest BCUT2D eigenvalue weighted by atomic mass is 19.4. The van der Waals surface area contributed by atoms with Gasteiger partial charge in [0.25, 0.3) is 0 Å². The number of anilines is 2. The number of ether oxygens (including phenoxy) is 2. The molecule has 2 aromatic carbocycles. The molecule has 0 amide bonds. The number of nitrogens with one attached hydrogen (secondary N) is 1. The molecule has 2 aliphatic rings. The zero-order chi connectivity index (χ0) is 23.4. The van der Waals surface area contributed by atoms with Crippen LogP contribution in [0.25, 0.3) is 6.08 Å². The van der Waals surface area contributed by atoms with Crippen LogP contribution in [0.15, 0.2) is 48.5 Å².